The van der Waals surface area contributed by atoms with Crippen molar-refractivity contribution in [1.82, 2.24) is 15.3 Å². The number of aryl methyl sites for hydroxylation is 2. The molecule has 1 amide bonds. The first-order valence-corrected chi connectivity index (χ1v) is 9.12. The first kappa shape index (κ1) is 16.2. The molecule has 0 aromatic carbocycles. The average Bonchev–Trinajstić information content (AvgIpc) is 3.34. The van der Waals surface area contributed by atoms with Gasteiger partial charge in [0, 0.05) is 24.5 Å². The van der Waals surface area contributed by atoms with Gasteiger partial charge >= 0.3 is 0 Å². The molecular formula is C18H19N3O3S. The maximum absolute atomic E-state index is 12.6. The third kappa shape index (κ3) is 3.05. The van der Waals surface area contributed by atoms with E-state index >= 15 is 0 Å². The molecule has 0 spiro atoms. The fourth-order valence-electron chi connectivity index (χ4n) is 3.13. The molecule has 1 fully saturated rings. The molecule has 6 nitrogen and oxygen atoms in total. The molecule has 3 aromatic rings. The van der Waals surface area contributed by atoms with Crippen LogP contribution in [0.5, 0.6) is 0 Å². The quantitative estimate of drug-likeness (QED) is 0.775. The number of nitrogens with one attached hydrogen (secondary N) is 1. The minimum absolute atomic E-state index is 0.0497. The zero-order chi connectivity index (χ0) is 17.4. The van der Waals surface area contributed by atoms with E-state index in [-0.39, 0.29) is 5.91 Å². The van der Waals surface area contributed by atoms with Gasteiger partial charge in [-0.3, -0.25) is 4.79 Å². The van der Waals surface area contributed by atoms with Crippen LogP contribution >= 0.6 is 11.3 Å². The van der Waals surface area contributed by atoms with Crippen molar-refractivity contribution in [2.75, 3.05) is 19.8 Å². The number of carbonyl (C=O) groups is 1. The largest absolute Gasteiger partial charge is 0.461 e. The van der Waals surface area contributed by atoms with E-state index in [1.165, 1.54) is 11.3 Å². The minimum Gasteiger partial charge on any atom is -0.461 e. The number of carbonyl (C=O) groups excluding carboxylic acids is 1. The molecular weight excluding hydrogens is 338 g/mol. The second kappa shape index (κ2) is 6.57. The van der Waals surface area contributed by atoms with Gasteiger partial charge in [-0.2, -0.15) is 0 Å². The van der Waals surface area contributed by atoms with Crippen LogP contribution in [0.3, 0.4) is 0 Å². The SMILES string of the molecule is Cc1nc(-c2ccco2)nc2sc(C(=O)NC[C@H]3CCOC3)c(C)c12. The third-order valence-corrected chi connectivity index (χ3v) is 5.68. The number of hydrogen-bond donors (Lipinski definition) is 1. The predicted molar refractivity (Wildman–Crippen MR) is 95.9 cm³/mol. The summed E-state index contributed by atoms with van der Waals surface area (Å²) in [7, 11) is 0. The third-order valence-electron chi connectivity index (χ3n) is 4.49. The maximum Gasteiger partial charge on any atom is 0.261 e. The van der Waals surface area contributed by atoms with E-state index in [0.717, 1.165) is 41.1 Å². The number of furan rings is 1. The van der Waals surface area contributed by atoms with Crippen LogP contribution in [0.2, 0.25) is 0 Å². The number of aromatic nitrogens is 2. The smallest absolute Gasteiger partial charge is 0.261 e. The molecule has 0 radical (unpaired) electrons. The number of ether oxygens (including phenoxy) is 1. The van der Waals surface area contributed by atoms with Crippen LogP contribution < -0.4 is 5.32 Å². The van der Waals surface area contributed by atoms with Gasteiger partial charge in [0.15, 0.2) is 11.6 Å². The second-order valence-corrected chi connectivity index (χ2v) is 7.28. The Morgan fingerprint density at radius 1 is 1.40 bits per heavy atom. The van der Waals surface area contributed by atoms with E-state index in [1.54, 1.807) is 6.26 Å². The van der Waals surface area contributed by atoms with E-state index in [4.69, 9.17) is 9.15 Å². The van der Waals surface area contributed by atoms with E-state index in [1.807, 2.05) is 26.0 Å². The van der Waals surface area contributed by atoms with Crippen molar-refractivity contribution in [3.63, 3.8) is 0 Å². The van der Waals surface area contributed by atoms with Crippen molar-refractivity contribution >= 4 is 27.5 Å². The number of thiophene rings is 1. The Kier molecular flexibility index (Phi) is 4.27. The van der Waals surface area contributed by atoms with Crippen LogP contribution in [0.1, 0.15) is 27.3 Å². The normalized spacial score (nSPS) is 17.3. The molecule has 7 heteroatoms. The van der Waals surface area contributed by atoms with Gasteiger partial charge in [0.1, 0.15) is 4.83 Å². The number of hydrogen-bond acceptors (Lipinski definition) is 6. The van der Waals surface area contributed by atoms with E-state index in [2.05, 4.69) is 15.3 Å². The molecule has 0 saturated carbocycles. The molecule has 0 bridgehead atoms. The maximum atomic E-state index is 12.6. The second-order valence-electron chi connectivity index (χ2n) is 6.29. The van der Waals surface area contributed by atoms with Crippen molar-refractivity contribution in [2.24, 2.45) is 5.92 Å². The number of nitrogens with zero attached hydrogens (tertiary/aromatic N) is 2. The van der Waals surface area contributed by atoms with Gasteiger partial charge in [0.25, 0.3) is 5.91 Å². The monoisotopic (exact) mass is 357 g/mol. The topological polar surface area (TPSA) is 77.2 Å². The zero-order valence-corrected chi connectivity index (χ0v) is 15.0. The lowest BCUT2D eigenvalue weighted by atomic mass is 10.1. The van der Waals surface area contributed by atoms with Crippen LogP contribution in [0.25, 0.3) is 21.8 Å². The molecule has 4 heterocycles. The van der Waals surface area contributed by atoms with Crippen molar-refractivity contribution < 1.29 is 13.9 Å². The Morgan fingerprint density at radius 3 is 3.00 bits per heavy atom. The lowest BCUT2D eigenvalue weighted by Crippen LogP contribution is -2.29. The zero-order valence-electron chi connectivity index (χ0n) is 14.2. The highest BCUT2D eigenvalue weighted by Gasteiger charge is 2.22. The molecule has 0 unspecified atom stereocenters. The minimum atomic E-state index is -0.0497. The Morgan fingerprint density at radius 2 is 2.28 bits per heavy atom. The molecule has 1 atom stereocenters. The first-order valence-electron chi connectivity index (χ1n) is 8.31. The molecule has 0 aliphatic carbocycles. The lowest BCUT2D eigenvalue weighted by Gasteiger charge is -2.08. The highest BCUT2D eigenvalue weighted by atomic mass is 32.1. The highest BCUT2D eigenvalue weighted by molar-refractivity contribution is 7.20. The van der Waals surface area contributed by atoms with Crippen LogP contribution in [-0.4, -0.2) is 35.6 Å². The summed E-state index contributed by atoms with van der Waals surface area (Å²) in [4.78, 5) is 23.3. The molecule has 1 aliphatic rings. The van der Waals surface area contributed by atoms with E-state index in [9.17, 15) is 4.79 Å². The summed E-state index contributed by atoms with van der Waals surface area (Å²) in [6.45, 7) is 6.05. The fourth-order valence-corrected chi connectivity index (χ4v) is 4.28. The summed E-state index contributed by atoms with van der Waals surface area (Å²) in [5, 5.41) is 3.98. The van der Waals surface area contributed by atoms with Gasteiger partial charge in [-0.25, -0.2) is 9.97 Å². The Bertz CT molecular complexity index is 911. The van der Waals surface area contributed by atoms with Crippen molar-refractivity contribution in [3.8, 4) is 11.6 Å². The van der Waals surface area contributed by atoms with Gasteiger partial charge in [0.2, 0.25) is 0 Å². The molecule has 3 aromatic heterocycles. The van der Waals surface area contributed by atoms with Crippen molar-refractivity contribution in [3.05, 3.63) is 34.5 Å². The predicted octanol–water partition coefficient (Wildman–Crippen LogP) is 3.33. The Hall–Kier alpha value is -2.25. The summed E-state index contributed by atoms with van der Waals surface area (Å²) in [5.74, 6) is 1.53. The number of amides is 1. The standard InChI is InChI=1S/C18H19N3O3S/c1-10-14-11(2)20-16(13-4-3-6-24-13)21-18(14)25-15(10)17(22)19-8-12-5-7-23-9-12/h3-4,6,12H,5,7-9H2,1-2H3,(H,19,22)/t12-/m1/s1. The molecule has 1 N–H and O–H groups in total. The summed E-state index contributed by atoms with van der Waals surface area (Å²) < 4.78 is 10.7. The van der Waals surface area contributed by atoms with Crippen molar-refractivity contribution in [1.29, 1.82) is 0 Å². The van der Waals surface area contributed by atoms with Gasteiger partial charge in [-0.15, -0.1) is 11.3 Å². The lowest BCUT2D eigenvalue weighted by molar-refractivity contribution is 0.0948. The number of rotatable bonds is 4. The molecule has 25 heavy (non-hydrogen) atoms. The fraction of sp³-hybridized carbons (Fsp3) is 0.389. The van der Waals surface area contributed by atoms with Crippen LogP contribution in [0.4, 0.5) is 0 Å². The summed E-state index contributed by atoms with van der Waals surface area (Å²) >= 11 is 1.40. The molecule has 130 valence electrons. The van der Waals surface area contributed by atoms with E-state index in [0.29, 0.717) is 28.9 Å². The van der Waals surface area contributed by atoms with Gasteiger partial charge in [-0.05, 0) is 38.0 Å². The number of fused-ring (bicyclic) bond motifs is 1. The molecule has 1 saturated heterocycles. The van der Waals surface area contributed by atoms with Gasteiger partial charge in [-0.1, -0.05) is 0 Å². The van der Waals surface area contributed by atoms with Gasteiger partial charge in [0.05, 0.1) is 23.4 Å². The average molecular weight is 357 g/mol. The van der Waals surface area contributed by atoms with Crippen molar-refractivity contribution in [2.45, 2.75) is 20.3 Å². The summed E-state index contributed by atoms with van der Waals surface area (Å²) in [6, 6.07) is 3.64. The summed E-state index contributed by atoms with van der Waals surface area (Å²) in [5.41, 5.74) is 1.79. The van der Waals surface area contributed by atoms with Crippen LogP contribution in [0.15, 0.2) is 22.8 Å². The first-order chi connectivity index (χ1) is 12.1. The summed E-state index contributed by atoms with van der Waals surface area (Å²) in [6.07, 6.45) is 2.60. The Labute approximate surface area is 149 Å². The van der Waals surface area contributed by atoms with E-state index < -0.39 is 0 Å². The molecule has 4 rings (SSSR count). The van der Waals surface area contributed by atoms with Gasteiger partial charge < -0.3 is 14.5 Å². The molecule has 1 aliphatic heterocycles. The van der Waals surface area contributed by atoms with Crippen LogP contribution in [0, 0.1) is 19.8 Å². The van der Waals surface area contributed by atoms with Crippen LogP contribution in [-0.2, 0) is 4.74 Å². The Balaban J connectivity index is 1.64. The highest BCUT2D eigenvalue weighted by Crippen LogP contribution is 2.33.